The molecule has 0 amide bonds. The highest BCUT2D eigenvalue weighted by atomic mass is 35.5. The van der Waals surface area contributed by atoms with Crippen LogP contribution in [0.25, 0.3) is 0 Å². The molecule has 1 unspecified atom stereocenters. The first-order valence-corrected chi connectivity index (χ1v) is 4.99. The second kappa shape index (κ2) is 5.76. The van der Waals surface area contributed by atoms with Crippen molar-refractivity contribution in [3.05, 3.63) is 33.1 Å². The van der Waals surface area contributed by atoms with Crippen molar-refractivity contribution >= 4 is 23.0 Å². The van der Waals surface area contributed by atoms with Gasteiger partial charge in [-0.1, -0.05) is 11.6 Å². The molecule has 6 nitrogen and oxygen atoms in total. The number of anilines is 1. The van der Waals surface area contributed by atoms with Gasteiger partial charge in [-0.15, -0.1) is 0 Å². The largest absolute Gasteiger partial charge is 0.394 e. The van der Waals surface area contributed by atoms with Crippen LogP contribution < -0.4 is 5.32 Å². The topological polar surface area (TPSA) is 95.6 Å². The van der Waals surface area contributed by atoms with Gasteiger partial charge < -0.3 is 15.5 Å². The van der Waals surface area contributed by atoms with E-state index in [0.717, 1.165) is 12.1 Å². The van der Waals surface area contributed by atoms with Crippen LogP contribution in [0, 0.1) is 15.9 Å². The third-order valence-electron chi connectivity index (χ3n) is 1.96. The van der Waals surface area contributed by atoms with Crippen LogP contribution in [-0.2, 0) is 0 Å². The van der Waals surface area contributed by atoms with Gasteiger partial charge >= 0.3 is 0 Å². The number of nitrogens with zero attached hydrogens (tertiary/aromatic N) is 1. The molecule has 0 aliphatic heterocycles. The Hall–Kier alpha value is -1.44. The van der Waals surface area contributed by atoms with Crippen LogP contribution in [0.3, 0.4) is 0 Å². The molecule has 0 aliphatic rings. The predicted molar refractivity (Wildman–Crippen MR) is 59.6 cm³/mol. The molecule has 1 rings (SSSR count). The molecular formula is C9H10ClFN2O4. The van der Waals surface area contributed by atoms with Gasteiger partial charge in [-0.2, -0.15) is 0 Å². The van der Waals surface area contributed by atoms with Crippen molar-refractivity contribution in [2.24, 2.45) is 0 Å². The van der Waals surface area contributed by atoms with Gasteiger partial charge in [0.05, 0.1) is 34.4 Å². The highest BCUT2D eigenvalue weighted by Gasteiger charge is 2.16. The first-order valence-electron chi connectivity index (χ1n) is 4.62. The van der Waals surface area contributed by atoms with Gasteiger partial charge in [0.2, 0.25) is 0 Å². The molecule has 1 atom stereocenters. The van der Waals surface area contributed by atoms with E-state index < -0.39 is 29.1 Å². The van der Waals surface area contributed by atoms with Gasteiger partial charge in [-0.3, -0.25) is 10.1 Å². The third kappa shape index (κ3) is 3.52. The van der Waals surface area contributed by atoms with Crippen molar-refractivity contribution in [2.45, 2.75) is 6.10 Å². The molecule has 3 N–H and O–H groups in total. The molecule has 0 saturated carbocycles. The Morgan fingerprint density at radius 2 is 2.24 bits per heavy atom. The summed E-state index contributed by atoms with van der Waals surface area (Å²) in [5.41, 5.74) is -0.606. The second-order valence-electron chi connectivity index (χ2n) is 3.26. The zero-order chi connectivity index (χ0) is 13.0. The summed E-state index contributed by atoms with van der Waals surface area (Å²) in [4.78, 5) is 9.65. The lowest BCUT2D eigenvalue weighted by Gasteiger charge is -2.12. The number of non-ortho nitro benzene ring substituents is 1. The van der Waals surface area contributed by atoms with Crippen molar-refractivity contribution in [3.63, 3.8) is 0 Å². The molecule has 0 bridgehead atoms. The fourth-order valence-electron chi connectivity index (χ4n) is 1.12. The van der Waals surface area contributed by atoms with E-state index in [2.05, 4.69) is 5.32 Å². The molecule has 17 heavy (non-hydrogen) atoms. The Morgan fingerprint density at radius 3 is 2.71 bits per heavy atom. The van der Waals surface area contributed by atoms with E-state index in [1.54, 1.807) is 0 Å². The van der Waals surface area contributed by atoms with Crippen molar-refractivity contribution in [3.8, 4) is 0 Å². The second-order valence-corrected chi connectivity index (χ2v) is 3.67. The molecule has 0 aromatic heterocycles. The highest BCUT2D eigenvalue weighted by molar-refractivity contribution is 6.33. The standard InChI is InChI=1S/C9H10ClFN2O4/c10-7-1-5(13(16)17)2-8(11)9(7)12-3-6(15)4-14/h1-2,6,12,14-15H,3-4H2. The molecule has 1 aromatic rings. The maximum Gasteiger partial charge on any atom is 0.274 e. The summed E-state index contributed by atoms with van der Waals surface area (Å²) in [5.74, 6) is -0.894. The molecule has 0 aliphatic carbocycles. The molecule has 0 heterocycles. The van der Waals surface area contributed by atoms with Gasteiger partial charge in [-0.05, 0) is 0 Å². The first-order chi connectivity index (χ1) is 7.95. The van der Waals surface area contributed by atoms with E-state index >= 15 is 0 Å². The van der Waals surface area contributed by atoms with Crippen LogP contribution >= 0.6 is 11.6 Å². The molecule has 94 valence electrons. The number of halogens is 2. The Labute approximate surface area is 101 Å². The molecule has 1 aromatic carbocycles. The van der Waals surface area contributed by atoms with Gasteiger partial charge in [0.15, 0.2) is 5.82 Å². The average Bonchev–Trinajstić information content (AvgIpc) is 2.27. The Bertz CT molecular complexity index is 406. The summed E-state index contributed by atoms with van der Waals surface area (Å²) >= 11 is 5.65. The summed E-state index contributed by atoms with van der Waals surface area (Å²) in [6, 6.07) is 1.72. The number of nitro groups is 1. The number of rotatable bonds is 5. The highest BCUT2D eigenvalue weighted by Crippen LogP contribution is 2.29. The Balaban J connectivity index is 2.90. The number of nitrogens with one attached hydrogen (secondary N) is 1. The number of hydrogen-bond donors (Lipinski definition) is 3. The lowest BCUT2D eigenvalue weighted by atomic mass is 10.2. The number of aliphatic hydroxyl groups excluding tert-OH is 2. The van der Waals surface area contributed by atoms with Crippen LogP contribution in [0.1, 0.15) is 0 Å². The number of hydrogen-bond acceptors (Lipinski definition) is 5. The molecule has 8 heteroatoms. The Morgan fingerprint density at radius 1 is 1.59 bits per heavy atom. The minimum Gasteiger partial charge on any atom is -0.394 e. The summed E-state index contributed by atoms with van der Waals surface area (Å²) in [5, 5.41) is 30.3. The maximum atomic E-state index is 13.4. The summed E-state index contributed by atoms with van der Waals surface area (Å²) in [6.07, 6.45) is -1.07. The smallest absolute Gasteiger partial charge is 0.274 e. The predicted octanol–water partition coefficient (Wildman–Crippen LogP) is 1.15. The van der Waals surface area contributed by atoms with Gasteiger partial charge in [0.25, 0.3) is 5.69 Å². The van der Waals surface area contributed by atoms with Crippen LogP contribution in [0.5, 0.6) is 0 Å². The average molecular weight is 265 g/mol. The molecule has 0 radical (unpaired) electrons. The van der Waals surface area contributed by atoms with E-state index in [1.165, 1.54) is 0 Å². The van der Waals surface area contributed by atoms with Crippen LogP contribution in [0.4, 0.5) is 15.8 Å². The minimum absolute atomic E-state index is 0.120. The zero-order valence-corrected chi connectivity index (χ0v) is 9.32. The molecular weight excluding hydrogens is 255 g/mol. The lowest BCUT2D eigenvalue weighted by molar-refractivity contribution is -0.385. The van der Waals surface area contributed by atoms with Crippen molar-refractivity contribution in [1.29, 1.82) is 0 Å². The van der Waals surface area contributed by atoms with E-state index in [0.29, 0.717) is 0 Å². The van der Waals surface area contributed by atoms with Crippen molar-refractivity contribution in [2.75, 3.05) is 18.5 Å². The van der Waals surface area contributed by atoms with Gasteiger partial charge in [0, 0.05) is 12.6 Å². The summed E-state index contributed by atoms with van der Waals surface area (Å²) < 4.78 is 13.4. The molecule has 0 saturated heterocycles. The zero-order valence-electron chi connectivity index (χ0n) is 8.56. The third-order valence-corrected chi connectivity index (χ3v) is 2.26. The first kappa shape index (κ1) is 13.6. The molecule has 0 spiro atoms. The fourth-order valence-corrected chi connectivity index (χ4v) is 1.39. The SMILES string of the molecule is O=[N+]([O-])c1cc(F)c(NCC(O)CO)c(Cl)c1. The molecule has 0 fully saturated rings. The van der Waals surface area contributed by atoms with Crippen molar-refractivity contribution < 1.29 is 19.5 Å². The van der Waals surface area contributed by atoms with Gasteiger partial charge in [0.1, 0.15) is 0 Å². The van der Waals surface area contributed by atoms with Gasteiger partial charge in [-0.25, -0.2) is 4.39 Å². The van der Waals surface area contributed by atoms with E-state index in [9.17, 15) is 14.5 Å². The monoisotopic (exact) mass is 264 g/mol. The lowest BCUT2D eigenvalue weighted by Crippen LogP contribution is -2.23. The quantitative estimate of drug-likeness (QED) is 0.548. The van der Waals surface area contributed by atoms with E-state index in [-0.39, 0.29) is 17.3 Å². The number of benzene rings is 1. The Kier molecular flexibility index (Phi) is 4.62. The number of nitro benzene ring substituents is 1. The van der Waals surface area contributed by atoms with E-state index in [4.69, 9.17) is 21.8 Å². The normalized spacial score (nSPS) is 12.2. The number of aliphatic hydroxyl groups is 2. The summed E-state index contributed by atoms with van der Waals surface area (Å²) in [7, 11) is 0. The summed E-state index contributed by atoms with van der Waals surface area (Å²) in [6.45, 7) is -0.607. The minimum atomic E-state index is -1.07. The fraction of sp³-hybridized carbons (Fsp3) is 0.333. The van der Waals surface area contributed by atoms with Crippen LogP contribution in [-0.4, -0.2) is 34.4 Å². The van der Waals surface area contributed by atoms with Crippen LogP contribution in [0.15, 0.2) is 12.1 Å². The maximum absolute atomic E-state index is 13.4. The van der Waals surface area contributed by atoms with E-state index in [1.807, 2.05) is 0 Å². The van der Waals surface area contributed by atoms with Crippen LogP contribution in [0.2, 0.25) is 5.02 Å². The van der Waals surface area contributed by atoms with Crippen molar-refractivity contribution in [1.82, 2.24) is 0 Å².